The molecule has 2 N–H and O–H groups in total. The van der Waals surface area contributed by atoms with Crippen LogP contribution in [0.15, 0.2) is 29.9 Å². The molecule has 0 aliphatic rings. The van der Waals surface area contributed by atoms with Gasteiger partial charge in [0.25, 0.3) is 0 Å². The maximum Gasteiger partial charge on any atom is 0.358 e. The second-order valence-electron chi connectivity index (χ2n) is 3.26. The Morgan fingerprint density at radius 3 is 2.72 bits per heavy atom. The molecule has 0 bridgehead atoms. The van der Waals surface area contributed by atoms with E-state index in [4.69, 9.17) is 15.7 Å². The molecule has 0 unspecified atom stereocenters. The average Bonchev–Trinajstić information content (AvgIpc) is 2.37. The van der Waals surface area contributed by atoms with Crippen molar-refractivity contribution in [3.63, 3.8) is 0 Å². The highest BCUT2D eigenvalue weighted by atomic mass is 16.5. The zero-order valence-electron chi connectivity index (χ0n) is 9.58. The summed E-state index contributed by atoms with van der Waals surface area (Å²) in [5.41, 5.74) is 5.18. The van der Waals surface area contributed by atoms with Gasteiger partial charge in [-0.3, -0.25) is 9.78 Å². The predicted octanol–water partition coefficient (Wildman–Crippen LogP) is -0.0412. The van der Waals surface area contributed by atoms with E-state index in [0.717, 1.165) is 0 Å². The highest BCUT2D eigenvalue weighted by molar-refractivity contribution is 6.01. The Kier molecular flexibility index (Phi) is 4.51. The number of rotatable bonds is 4. The molecule has 0 saturated carbocycles. The number of ketones is 1. The van der Waals surface area contributed by atoms with Gasteiger partial charge in [-0.1, -0.05) is 0 Å². The number of hydrogen-bond acceptors (Lipinski definition) is 7. The summed E-state index contributed by atoms with van der Waals surface area (Å²) in [4.78, 5) is 30.3. The monoisotopic (exact) mass is 246 g/mol. The number of aromatic nitrogens is 2. The molecule has 0 fully saturated rings. The van der Waals surface area contributed by atoms with Gasteiger partial charge in [-0.25, -0.2) is 9.78 Å². The van der Waals surface area contributed by atoms with Crippen molar-refractivity contribution in [1.29, 1.82) is 5.26 Å². The fourth-order valence-corrected chi connectivity index (χ4v) is 1.05. The van der Waals surface area contributed by atoms with E-state index >= 15 is 0 Å². The van der Waals surface area contributed by atoms with Crippen LogP contribution in [0.3, 0.4) is 0 Å². The van der Waals surface area contributed by atoms with E-state index in [1.165, 1.54) is 25.5 Å². The van der Waals surface area contributed by atoms with Gasteiger partial charge in [0, 0.05) is 18.1 Å². The summed E-state index contributed by atoms with van der Waals surface area (Å²) in [6.07, 6.45) is 3.93. The van der Waals surface area contributed by atoms with Crippen molar-refractivity contribution in [2.24, 2.45) is 5.73 Å². The molecule has 0 radical (unpaired) electrons. The molecule has 92 valence electrons. The molecule has 1 rings (SSSR count). The van der Waals surface area contributed by atoms with Crippen LogP contribution in [0.4, 0.5) is 0 Å². The molecule has 7 nitrogen and oxygen atoms in total. The van der Waals surface area contributed by atoms with Crippen molar-refractivity contribution < 1.29 is 14.3 Å². The zero-order chi connectivity index (χ0) is 13.5. The lowest BCUT2D eigenvalue weighted by Gasteiger charge is -2.03. The van der Waals surface area contributed by atoms with Crippen molar-refractivity contribution in [1.82, 2.24) is 9.97 Å². The molecule has 0 spiro atoms. The van der Waals surface area contributed by atoms with Crippen LogP contribution in [-0.4, -0.2) is 28.3 Å². The molecule has 1 aromatic heterocycles. The summed E-state index contributed by atoms with van der Waals surface area (Å²) < 4.78 is 4.69. The predicted molar refractivity (Wildman–Crippen MR) is 59.8 cm³/mol. The molecule has 7 heteroatoms. The van der Waals surface area contributed by atoms with Crippen molar-refractivity contribution >= 4 is 11.8 Å². The van der Waals surface area contributed by atoms with Gasteiger partial charge in [0.05, 0.1) is 6.20 Å². The lowest BCUT2D eigenvalue weighted by Crippen LogP contribution is -2.18. The third-order valence-electron chi connectivity index (χ3n) is 1.89. The molecule has 1 heterocycles. The second-order valence-corrected chi connectivity index (χ2v) is 3.26. The summed E-state index contributed by atoms with van der Waals surface area (Å²) in [6, 6.07) is 1.65. The number of carbonyl (C=O) groups excluding carboxylic acids is 2. The first-order valence-corrected chi connectivity index (χ1v) is 4.89. The maximum absolute atomic E-state index is 11.5. The lowest BCUT2D eigenvalue weighted by molar-refractivity contribution is -0.118. The molecule has 0 aliphatic carbocycles. The minimum Gasteiger partial charge on any atom is -0.452 e. The van der Waals surface area contributed by atoms with Gasteiger partial charge in [0.1, 0.15) is 11.6 Å². The number of carbonyl (C=O) groups is 2. The van der Waals surface area contributed by atoms with Gasteiger partial charge in [-0.15, -0.1) is 0 Å². The summed E-state index contributed by atoms with van der Waals surface area (Å²) >= 11 is 0. The second kappa shape index (κ2) is 6.10. The molecule has 0 aliphatic heterocycles. The molecule has 1 aromatic rings. The molecule has 0 saturated heterocycles. The number of allylic oxidation sites excluding steroid dienone is 1. The van der Waals surface area contributed by atoms with Gasteiger partial charge in [0.2, 0.25) is 5.78 Å². The van der Waals surface area contributed by atoms with Crippen LogP contribution >= 0.6 is 0 Å². The fraction of sp³-hybridized carbons (Fsp3) is 0.182. The number of Topliss-reactive ketones (excluding diaryl/α,β-unsaturated/α-hetero) is 1. The Hall–Kier alpha value is -2.75. The topological polar surface area (TPSA) is 119 Å². The first-order chi connectivity index (χ1) is 8.56. The summed E-state index contributed by atoms with van der Waals surface area (Å²) in [7, 11) is 0. The minimum absolute atomic E-state index is 0.0164. The number of nitrogens with zero attached hydrogens (tertiary/aromatic N) is 3. The van der Waals surface area contributed by atoms with Crippen LogP contribution in [0.5, 0.6) is 0 Å². The third kappa shape index (κ3) is 3.38. The molecule has 18 heavy (non-hydrogen) atoms. The van der Waals surface area contributed by atoms with E-state index in [1.807, 2.05) is 0 Å². The van der Waals surface area contributed by atoms with Crippen LogP contribution in [0.1, 0.15) is 17.4 Å². The Labute approximate surface area is 103 Å². The molecule has 0 amide bonds. The summed E-state index contributed by atoms with van der Waals surface area (Å²) in [6.45, 7) is 0.855. The Bertz CT molecular complexity index is 527. The van der Waals surface area contributed by atoms with Crippen molar-refractivity contribution in [3.8, 4) is 6.07 Å². The molecule has 0 aromatic carbocycles. The van der Waals surface area contributed by atoms with Gasteiger partial charge in [-0.05, 0) is 6.92 Å². The highest BCUT2D eigenvalue weighted by Crippen LogP contribution is 2.01. The number of nitrogens with two attached hydrogens (primary N) is 1. The van der Waals surface area contributed by atoms with Crippen molar-refractivity contribution in [2.45, 2.75) is 6.92 Å². The van der Waals surface area contributed by atoms with Crippen molar-refractivity contribution in [3.05, 3.63) is 35.6 Å². The number of nitriles is 1. The van der Waals surface area contributed by atoms with E-state index in [2.05, 4.69) is 9.97 Å². The molecular weight excluding hydrogens is 236 g/mol. The van der Waals surface area contributed by atoms with Gasteiger partial charge in [-0.2, -0.15) is 5.26 Å². The zero-order valence-corrected chi connectivity index (χ0v) is 9.58. The van der Waals surface area contributed by atoms with E-state index in [1.54, 1.807) is 6.07 Å². The molecule has 0 atom stereocenters. The van der Waals surface area contributed by atoms with Gasteiger partial charge < -0.3 is 10.5 Å². The average molecular weight is 246 g/mol. The van der Waals surface area contributed by atoms with Crippen LogP contribution < -0.4 is 5.73 Å². The van der Waals surface area contributed by atoms with Crippen molar-refractivity contribution in [2.75, 3.05) is 6.61 Å². The Morgan fingerprint density at radius 1 is 1.50 bits per heavy atom. The normalized spacial score (nSPS) is 11.1. The lowest BCUT2D eigenvalue weighted by atomic mass is 10.1. The molecular formula is C11H10N4O3. The van der Waals surface area contributed by atoms with E-state index in [0.29, 0.717) is 0 Å². The van der Waals surface area contributed by atoms with E-state index < -0.39 is 18.4 Å². The number of esters is 1. The van der Waals surface area contributed by atoms with Crippen LogP contribution in [0, 0.1) is 11.3 Å². The number of ether oxygens (including phenoxy) is 1. The van der Waals surface area contributed by atoms with E-state index in [-0.39, 0.29) is 17.0 Å². The Balaban J connectivity index is 2.63. The Morgan fingerprint density at radius 2 is 2.22 bits per heavy atom. The van der Waals surface area contributed by atoms with Gasteiger partial charge in [0.15, 0.2) is 12.3 Å². The van der Waals surface area contributed by atoms with Crippen LogP contribution in [0.2, 0.25) is 0 Å². The quantitative estimate of drug-likeness (QED) is 0.449. The standard InChI is InChI=1S/C11H10N4O3/c1-7(13)8(4-12)10(16)6-18-11(17)9-5-14-2-3-15-9/h2-3,5H,6,13H2,1H3. The van der Waals surface area contributed by atoms with Crippen LogP contribution in [-0.2, 0) is 9.53 Å². The van der Waals surface area contributed by atoms with Crippen LogP contribution in [0.25, 0.3) is 0 Å². The van der Waals surface area contributed by atoms with E-state index in [9.17, 15) is 9.59 Å². The number of hydrogen-bond donors (Lipinski definition) is 1. The largest absolute Gasteiger partial charge is 0.452 e. The summed E-state index contributed by atoms with van der Waals surface area (Å²) in [5, 5.41) is 8.68. The minimum atomic E-state index is -0.789. The smallest absolute Gasteiger partial charge is 0.358 e. The summed E-state index contributed by atoms with van der Waals surface area (Å²) in [5.74, 6) is -1.45. The maximum atomic E-state index is 11.5. The SMILES string of the molecule is CC(N)=C(C#N)C(=O)COC(=O)c1cnccn1. The highest BCUT2D eigenvalue weighted by Gasteiger charge is 2.15. The van der Waals surface area contributed by atoms with Gasteiger partial charge >= 0.3 is 5.97 Å². The fourth-order valence-electron chi connectivity index (χ4n) is 1.05. The first kappa shape index (κ1) is 13.3. The third-order valence-corrected chi connectivity index (χ3v) is 1.89. The first-order valence-electron chi connectivity index (χ1n) is 4.89.